The molecule has 0 saturated heterocycles. The van der Waals surface area contributed by atoms with Crippen molar-refractivity contribution in [2.45, 2.75) is 9.79 Å². The van der Waals surface area contributed by atoms with Gasteiger partial charge in [-0.1, -0.05) is 0 Å². The van der Waals surface area contributed by atoms with E-state index >= 15 is 0 Å². The molecular formula is C7H7NO5S2Zn. The van der Waals surface area contributed by atoms with Crippen LogP contribution in [0, 0.1) is 10.1 Å². The predicted molar refractivity (Wildman–Crippen MR) is 54.5 cm³/mol. The molecule has 0 bridgehead atoms. The Kier molecular flexibility index (Phi) is 5.54. The maximum atomic E-state index is 11.2. The van der Waals surface area contributed by atoms with Crippen molar-refractivity contribution in [3.8, 4) is 0 Å². The van der Waals surface area contributed by atoms with Crippen molar-refractivity contribution in [2.75, 3.05) is 7.11 Å². The second-order valence-corrected chi connectivity index (χ2v) is 4.72. The van der Waals surface area contributed by atoms with Crippen LogP contribution in [0.5, 0.6) is 0 Å². The van der Waals surface area contributed by atoms with Crippen molar-refractivity contribution >= 4 is 28.4 Å². The molecule has 0 aliphatic carbocycles. The minimum absolute atomic E-state index is 0. The molecular weight excluding hydrogens is 308 g/mol. The summed E-state index contributed by atoms with van der Waals surface area (Å²) in [6.45, 7) is 0. The maximum Gasteiger partial charge on any atom is 0.296 e. The van der Waals surface area contributed by atoms with Gasteiger partial charge < -0.3 is 0 Å². The summed E-state index contributed by atoms with van der Waals surface area (Å²) in [6.07, 6.45) is 0. The molecule has 0 heterocycles. The normalized spacial score (nSPS) is 10.6. The van der Waals surface area contributed by atoms with Gasteiger partial charge >= 0.3 is 0 Å². The summed E-state index contributed by atoms with van der Waals surface area (Å²) in [5.74, 6) is 0. The van der Waals surface area contributed by atoms with Gasteiger partial charge in [-0.3, -0.25) is 14.3 Å². The molecule has 9 heteroatoms. The minimum atomic E-state index is -3.91. The first-order valence-electron chi connectivity index (χ1n) is 3.66. The monoisotopic (exact) mass is 313 g/mol. The maximum absolute atomic E-state index is 11.2. The van der Waals surface area contributed by atoms with Crippen molar-refractivity contribution in [3.05, 3.63) is 28.3 Å². The predicted octanol–water partition coefficient (Wildman–Crippen LogP) is 1.22. The smallest absolute Gasteiger partial charge is 0.270 e. The number of hydrogen-bond acceptors (Lipinski definition) is 6. The van der Waals surface area contributed by atoms with Crippen LogP contribution in [0.25, 0.3) is 0 Å². The molecule has 0 fully saturated rings. The van der Waals surface area contributed by atoms with E-state index in [0.717, 1.165) is 13.2 Å². The largest absolute Gasteiger partial charge is 0.296 e. The second kappa shape index (κ2) is 5.72. The standard InChI is InChI=1S/C7H7NO5S2.Zn/c1-13-15(11,12)5-2-3-7(14)6(4-5)8(9)10;/h2-4,14H,1H3;. The van der Waals surface area contributed by atoms with Gasteiger partial charge in [0.2, 0.25) is 0 Å². The van der Waals surface area contributed by atoms with Crippen LogP contribution < -0.4 is 0 Å². The number of hydrogen-bond donors (Lipinski definition) is 1. The van der Waals surface area contributed by atoms with E-state index in [4.69, 9.17) is 0 Å². The van der Waals surface area contributed by atoms with Gasteiger partial charge in [-0.2, -0.15) is 8.42 Å². The molecule has 84 valence electrons. The van der Waals surface area contributed by atoms with E-state index in [-0.39, 0.29) is 35.0 Å². The minimum Gasteiger partial charge on any atom is -0.270 e. The van der Waals surface area contributed by atoms with Crippen molar-refractivity contribution < 1.29 is 37.0 Å². The Labute approximate surface area is 110 Å². The summed E-state index contributed by atoms with van der Waals surface area (Å²) in [6, 6.07) is 3.32. The molecule has 0 atom stereocenters. The zero-order valence-corrected chi connectivity index (χ0v) is 13.0. The summed E-state index contributed by atoms with van der Waals surface area (Å²) < 4.78 is 26.7. The third kappa shape index (κ3) is 3.25. The van der Waals surface area contributed by atoms with Gasteiger partial charge in [-0.05, 0) is 12.1 Å². The third-order valence-electron chi connectivity index (χ3n) is 1.65. The van der Waals surface area contributed by atoms with Gasteiger partial charge in [-0.25, -0.2) is 0 Å². The van der Waals surface area contributed by atoms with Gasteiger partial charge in [0.15, 0.2) is 0 Å². The molecule has 0 amide bonds. The topological polar surface area (TPSA) is 86.5 Å². The van der Waals surface area contributed by atoms with E-state index in [2.05, 4.69) is 16.8 Å². The summed E-state index contributed by atoms with van der Waals surface area (Å²) >= 11 is 3.83. The first-order chi connectivity index (χ1) is 6.88. The zero-order chi connectivity index (χ0) is 11.6. The Morgan fingerprint density at radius 3 is 2.44 bits per heavy atom. The third-order valence-corrected chi connectivity index (χ3v) is 3.30. The van der Waals surface area contributed by atoms with Crippen LogP contribution in [0.1, 0.15) is 0 Å². The average Bonchev–Trinajstić information content (AvgIpc) is 2.17. The van der Waals surface area contributed by atoms with Crippen LogP contribution in [0.3, 0.4) is 0 Å². The van der Waals surface area contributed by atoms with Crippen LogP contribution in [-0.2, 0) is 33.8 Å². The summed E-state index contributed by atoms with van der Waals surface area (Å²) in [5.41, 5.74) is -0.378. The molecule has 0 aliphatic heterocycles. The number of nitro groups is 1. The van der Waals surface area contributed by atoms with Crippen LogP contribution in [0.4, 0.5) is 5.69 Å². The quantitative estimate of drug-likeness (QED) is 0.298. The second-order valence-electron chi connectivity index (χ2n) is 2.53. The van der Waals surface area contributed by atoms with Crippen LogP contribution in [0.2, 0.25) is 0 Å². The Bertz CT molecular complexity index is 501. The Balaban J connectivity index is 0.00000225. The molecule has 0 N–H and O–H groups in total. The number of nitro benzene ring substituents is 1. The molecule has 0 spiro atoms. The van der Waals surface area contributed by atoms with Crippen molar-refractivity contribution in [1.29, 1.82) is 0 Å². The van der Waals surface area contributed by atoms with Crippen molar-refractivity contribution in [2.24, 2.45) is 0 Å². The van der Waals surface area contributed by atoms with E-state index in [1.807, 2.05) is 0 Å². The van der Waals surface area contributed by atoms with Crippen LogP contribution >= 0.6 is 12.6 Å². The SMILES string of the molecule is COS(=O)(=O)c1ccc(S)c([N+](=O)[O-])c1.[Zn]. The van der Waals surface area contributed by atoms with E-state index in [0.29, 0.717) is 0 Å². The molecule has 1 aromatic carbocycles. The van der Waals surface area contributed by atoms with Gasteiger partial charge in [0, 0.05) is 25.5 Å². The molecule has 0 aliphatic rings. The molecule has 6 nitrogen and oxygen atoms in total. The fourth-order valence-corrected chi connectivity index (χ4v) is 1.81. The summed E-state index contributed by atoms with van der Waals surface area (Å²) in [4.78, 5) is 9.62. The zero-order valence-electron chi connectivity index (χ0n) is 8.28. The van der Waals surface area contributed by atoms with Crippen molar-refractivity contribution in [1.82, 2.24) is 0 Å². The molecule has 1 rings (SSSR count). The van der Waals surface area contributed by atoms with Gasteiger partial charge in [0.25, 0.3) is 15.8 Å². The van der Waals surface area contributed by atoms with Gasteiger partial charge in [0.1, 0.15) is 4.90 Å². The fraction of sp³-hybridized carbons (Fsp3) is 0.143. The number of benzene rings is 1. The molecule has 16 heavy (non-hydrogen) atoms. The molecule has 0 aromatic heterocycles. The molecule has 0 radical (unpaired) electrons. The molecule has 0 unspecified atom stereocenters. The fourth-order valence-electron chi connectivity index (χ4n) is 0.901. The van der Waals surface area contributed by atoms with E-state index < -0.39 is 15.0 Å². The number of thiol groups is 1. The van der Waals surface area contributed by atoms with E-state index in [1.165, 1.54) is 12.1 Å². The van der Waals surface area contributed by atoms with E-state index in [1.54, 1.807) is 0 Å². The van der Waals surface area contributed by atoms with Crippen LogP contribution in [0.15, 0.2) is 28.0 Å². The first kappa shape index (κ1) is 15.5. The van der Waals surface area contributed by atoms with Gasteiger partial charge in [0.05, 0.1) is 16.9 Å². The molecule has 0 saturated carbocycles. The van der Waals surface area contributed by atoms with Crippen molar-refractivity contribution in [3.63, 3.8) is 0 Å². The van der Waals surface area contributed by atoms with Crippen LogP contribution in [-0.4, -0.2) is 20.5 Å². The summed E-state index contributed by atoms with van der Waals surface area (Å²) in [5, 5.41) is 10.5. The summed E-state index contributed by atoms with van der Waals surface area (Å²) in [7, 11) is -2.93. The molecule has 1 aromatic rings. The Morgan fingerprint density at radius 1 is 1.44 bits per heavy atom. The number of nitrogens with zero attached hydrogens (tertiary/aromatic N) is 1. The Morgan fingerprint density at radius 2 is 2.00 bits per heavy atom. The van der Waals surface area contributed by atoms with Gasteiger partial charge in [-0.15, -0.1) is 12.6 Å². The first-order valence-corrected chi connectivity index (χ1v) is 5.52. The van der Waals surface area contributed by atoms with E-state index in [9.17, 15) is 18.5 Å². The Hall–Kier alpha value is -0.497. The average molecular weight is 315 g/mol. The number of rotatable bonds is 3.